The summed E-state index contributed by atoms with van der Waals surface area (Å²) in [4.78, 5) is 16.9. The van der Waals surface area contributed by atoms with E-state index in [2.05, 4.69) is 24.1 Å². The van der Waals surface area contributed by atoms with Crippen molar-refractivity contribution in [1.82, 2.24) is 14.7 Å². The Morgan fingerprint density at radius 2 is 2.08 bits per heavy atom. The van der Waals surface area contributed by atoms with Crippen molar-refractivity contribution in [3.63, 3.8) is 0 Å². The van der Waals surface area contributed by atoms with Crippen molar-refractivity contribution in [2.45, 2.75) is 39.7 Å². The first-order chi connectivity index (χ1) is 12.5. The number of hydrogen-bond acceptors (Lipinski definition) is 2. The first-order valence-corrected chi connectivity index (χ1v) is 8.89. The Kier molecular flexibility index (Phi) is 5.35. The number of nitrogens with zero attached hydrogens (tertiary/aromatic N) is 2. The third-order valence-corrected chi connectivity index (χ3v) is 4.78. The fourth-order valence-electron chi connectivity index (χ4n) is 3.22. The van der Waals surface area contributed by atoms with Gasteiger partial charge >= 0.3 is 0 Å². The maximum absolute atomic E-state index is 13.5. The molecule has 4 nitrogen and oxygen atoms in total. The Bertz CT molecular complexity index is 917. The summed E-state index contributed by atoms with van der Waals surface area (Å²) in [7, 11) is 0. The first-order valence-electron chi connectivity index (χ1n) is 8.89. The highest BCUT2D eigenvalue weighted by Crippen LogP contribution is 2.29. The van der Waals surface area contributed by atoms with Crippen molar-refractivity contribution >= 4 is 11.4 Å². The molecule has 0 fully saturated rings. The van der Waals surface area contributed by atoms with Gasteiger partial charge in [-0.25, -0.2) is 9.37 Å². The Labute approximate surface area is 153 Å². The molecule has 0 radical (unpaired) electrons. The van der Waals surface area contributed by atoms with Crippen LogP contribution in [0, 0.1) is 18.7 Å². The first kappa shape index (κ1) is 18.1. The van der Waals surface area contributed by atoms with E-state index in [0.717, 1.165) is 16.9 Å². The van der Waals surface area contributed by atoms with E-state index in [4.69, 9.17) is 0 Å². The van der Waals surface area contributed by atoms with Crippen LogP contribution in [0.3, 0.4) is 0 Å². The summed E-state index contributed by atoms with van der Waals surface area (Å²) in [6, 6.07) is 11.0. The fraction of sp³-hybridized carbons (Fsp3) is 0.333. The van der Waals surface area contributed by atoms with Gasteiger partial charge in [-0.15, -0.1) is 0 Å². The zero-order valence-corrected chi connectivity index (χ0v) is 15.4. The van der Waals surface area contributed by atoms with Crippen molar-refractivity contribution in [2.24, 2.45) is 5.92 Å². The second-order valence-electron chi connectivity index (χ2n) is 7.01. The number of carbonyl (C=O) groups excluding carboxylic acids is 1. The molecule has 0 bridgehead atoms. The molecule has 136 valence electrons. The van der Waals surface area contributed by atoms with Gasteiger partial charge in [-0.3, -0.25) is 4.79 Å². The van der Waals surface area contributed by atoms with Crippen molar-refractivity contribution in [3.8, 4) is 0 Å². The summed E-state index contributed by atoms with van der Waals surface area (Å²) in [5.41, 5.74) is 2.61. The Morgan fingerprint density at radius 1 is 1.27 bits per heavy atom. The number of amides is 1. The van der Waals surface area contributed by atoms with Gasteiger partial charge < -0.3 is 9.72 Å². The van der Waals surface area contributed by atoms with Crippen LogP contribution in [0.5, 0.6) is 0 Å². The molecule has 1 atom stereocenters. The lowest BCUT2D eigenvalue weighted by Crippen LogP contribution is -2.27. The highest BCUT2D eigenvalue weighted by molar-refractivity contribution is 5.76. The van der Waals surface area contributed by atoms with Crippen molar-refractivity contribution in [2.75, 3.05) is 0 Å². The number of fused-ring (bicyclic) bond motifs is 1. The lowest BCUT2D eigenvalue weighted by molar-refractivity contribution is -0.121. The largest absolute Gasteiger partial charge is 0.349 e. The monoisotopic (exact) mass is 353 g/mol. The molecule has 3 aromatic rings. The molecular formula is C21H24FN3O. The molecule has 0 saturated heterocycles. The Morgan fingerprint density at radius 3 is 2.81 bits per heavy atom. The lowest BCUT2D eigenvalue weighted by Gasteiger charge is -2.21. The molecule has 3 rings (SSSR count). The van der Waals surface area contributed by atoms with Crippen LogP contribution in [0.15, 0.2) is 48.8 Å². The number of benzene rings is 1. The molecule has 2 heterocycles. The number of pyridine rings is 1. The number of aryl methyl sites for hydroxylation is 1. The molecule has 0 spiro atoms. The quantitative estimate of drug-likeness (QED) is 0.721. The zero-order chi connectivity index (χ0) is 18.7. The lowest BCUT2D eigenvalue weighted by atomic mass is 9.85. The normalized spacial score (nSPS) is 12.5. The van der Waals surface area contributed by atoms with Gasteiger partial charge in [0, 0.05) is 12.6 Å². The van der Waals surface area contributed by atoms with E-state index in [-0.39, 0.29) is 23.6 Å². The molecule has 1 N–H and O–H groups in total. The predicted molar refractivity (Wildman–Crippen MR) is 100 cm³/mol. The van der Waals surface area contributed by atoms with Gasteiger partial charge in [0.25, 0.3) is 0 Å². The maximum atomic E-state index is 13.5. The number of hydrogen-bond donors (Lipinski definition) is 1. The minimum absolute atomic E-state index is 0.0293. The van der Waals surface area contributed by atoms with E-state index in [1.807, 2.05) is 34.9 Å². The van der Waals surface area contributed by atoms with Crippen LogP contribution in [0.1, 0.15) is 43.1 Å². The van der Waals surface area contributed by atoms with Crippen molar-refractivity contribution < 1.29 is 9.18 Å². The van der Waals surface area contributed by atoms with Gasteiger partial charge in [0.1, 0.15) is 11.6 Å². The standard InChI is InChI=1S/C21H24FN3O/c1-14(2)18(16-7-8-19(22)15(3)10-16)11-21(26)24-13-20-23-12-17-6-4-5-9-25(17)20/h4-10,12,14,18H,11,13H2,1-3H3,(H,24,26). The van der Waals surface area contributed by atoms with Gasteiger partial charge in [0.15, 0.2) is 0 Å². The van der Waals surface area contributed by atoms with Crippen LogP contribution in [0.4, 0.5) is 4.39 Å². The summed E-state index contributed by atoms with van der Waals surface area (Å²) in [5, 5.41) is 2.96. The number of aromatic nitrogens is 2. The molecular weight excluding hydrogens is 329 g/mol. The average Bonchev–Trinajstić information content (AvgIpc) is 3.03. The summed E-state index contributed by atoms with van der Waals surface area (Å²) >= 11 is 0. The SMILES string of the molecule is Cc1cc(C(CC(=O)NCc2ncc3ccccn23)C(C)C)ccc1F. The second-order valence-corrected chi connectivity index (χ2v) is 7.01. The smallest absolute Gasteiger partial charge is 0.220 e. The summed E-state index contributed by atoms with van der Waals surface area (Å²) in [5.74, 6) is 0.877. The summed E-state index contributed by atoms with van der Waals surface area (Å²) in [6.07, 6.45) is 4.09. The fourth-order valence-corrected chi connectivity index (χ4v) is 3.22. The highest BCUT2D eigenvalue weighted by atomic mass is 19.1. The molecule has 0 aliphatic heterocycles. The second kappa shape index (κ2) is 7.68. The van der Waals surface area contributed by atoms with E-state index < -0.39 is 0 Å². The minimum Gasteiger partial charge on any atom is -0.349 e. The molecule has 26 heavy (non-hydrogen) atoms. The molecule has 5 heteroatoms. The van der Waals surface area contributed by atoms with Crippen LogP contribution in [-0.4, -0.2) is 15.3 Å². The van der Waals surface area contributed by atoms with E-state index in [9.17, 15) is 9.18 Å². The van der Waals surface area contributed by atoms with E-state index in [0.29, 0.717) is 18.5 Å². The summed E-state index contributed by atoms with van der Waals surface area (Å²) in [6.45, 7) is 6.29. The van der Waals surface area contributed by atoms with E-state index in [1.54, 1.807) is 19.2 Å². The van der Waals surface area contributed by atoms with Crippen LogP contribution in [0.2, 0.25) is 0 Å². The maximum Gasteiger partial charge on any atom is 0.220 e. The molecule has 2 aromatic heterocycles. The Hall–Kier alpha value is -2.69. The number of nitrogens with one attached hydrogen (secondary N) is 1. The van der Waals surface area contributed by atoms with E-state index >= 15 is 0 Å². The average molecular weight is 353 g/mol. The van der Waals surface area contributed by atoms with Gasteiger partial charge in [-0.1, -0.05) is 32.0 Å². The van der Waals surface area contributed by atoms with Crippen LogP contribution < -0.4 is 5.32 Å². The number of imidazole rings is 1. The number of rotatable bonds is 6. The molecule has 1 unspecified atom stereocenters. The minimum atomic E-state index is -0.216. The third kappa shape index (κ3) is 3.93. The third-order valence-electron chi connectivity index (χ3n) is 4.78. The highest BCUT2D eigenvalue weighted by Gasteiger charge is 2.20. The zero-order valence-electron chi connectivity index (χ0n) is 15.4. The molecule has 0 aliphatic carbocycles. The molecule has 1 amide bonds. The molecule has 0 aliphatic rings. The van der Waals surface area contributed by atoms with Crippen molar-refractivity contribution in [3.05, 3.63) is 71.6 Å². The predicted octanol–water partition coefficient (Wildman–Crippen LogP) is 4.23. The van der Waals surface area contributed by atoms with Crippen LogP contribution in [-0.2, 0) is 11.3 Å². The topological polar surface area (TPSA) is 46.4 Å². The molecule has 0 saturated carbocycles. The summed E-state index contributed by atoms with van der Waals surface area (Å²) < 4.78 is 15.5. The Balaban J connectivity index is 1.67. The number of carbonyl (C=O) groups is 1. The van der Waals surface area contributed by atoms with Gasteiger partial charge in [0.2, 0.25) is 5.91 Å². The van der Waals surface area contributed by atoms with Gasteiger partial charge in [-0.05, 0) is 48.1 Å². The van der Waals surface area contributed by atoms with Crippen molar-refractivity contribution in [1.29, 1.82) is 0 Å². The van der Waals surface area contributed by atoms with E-state index in [1.165, 1.54) is 6.07 Å². The molecule has 1 aromatic carbocycles. The van der Waals surface area contributed by atoms with Gasteiger partial charge in [0.05, 0.1) is 18.3 Å². The number of halogens is 1. The van der Waals surface area contributed by atoms with Crippen LogP contribution >= 0.6 is 0 Å². The van der Waals surface area contributed by atoms with Gasteiger partial charge in [-0.2, -0.15) is 0 Å². The van der Waals surface area contributed by atoms with Crippen LogP contribution in [0.25, 0.3) is 5.52 Å².